The van der Waals surface area contributed by atoms with Gasteiger partial charge in [-0.25, -0.2) is 4.79 Å². The second-order valence-electron chi connectivity index (χ2n) is 5.97. The van der Waals surface area contributed by atoms with E-state index in [2.05, 4.69) is 0 Å². The summed E-state index contributed by atoms with van der Waals surface area (Å²) >= 11 is 0. The second kappa shape index (κ2) is 7.50. The molecule has 23 heteroatoms. The second-order valence-corrected chi connectivity index (χ2v) is 5.97. The minimum Gasteiger partial charge on any atom is -0.477 e. The molecule has 0 aliphatic heterocycles. The van der Waals surface area contributed by atoms with Gasteiger partial charge in [-0.05, 0) is 0 Å². The lowest BCUT2D eigenvalue weighted by molar-refractivity contribution is -0.473. The maximum Gasteiger partial charge on any atom is 0.460 e. The zero-order chi connectivity index (χ0) is 28.6. The Hall–Kier alpha value is -2.00. The van der Waals surface area contributed by atoms with Gasteiger partial charge in [-0.1, -0.05) is 0 Å². The monoisotopic (exact) mass is 566 g/mol. The molecule has 0 fully saturated rings. The van der Waals surface area contributed by atoms with Crippen molar-refractivity contribution in [3.8, 4) is 0 Å². The van der Waals surface area contributed by atoms with Crippen LogP contribution in [-0.4, -0.2) is 70.6 Å². The van der Waals surface area contributed by atoms with Gasteiger partial charge in [0.2, 0.25) is 0 Å². The molecule has 0 heterocycles. The van der Waals surface area contributed by atoms with E-state index >= 15 is 0 Å². The van der Waals surface area contributed by atoms with E-state index in [1.54, 1.807) is 0 Å². The summed E-state index contributed by atoms with van der Waals surface area (Å²) in [5, 5.41) is 7.62. The van der Waals surface area contributed by atoms with Gasteiger partial charge in [0, 0.05) is 0 Å². The van der Waals surface area contributed by atoms with Crippen LogP contribution in [0.1, 0.15) is 0 Å². The number of carbonyl (C=O) groups is 1. The molecule has 0 radical (unpaired) electrons. The Balaban J connectivity index is 7.11. The zero-order valence-corrected chi connectivity index (χ0v) is 14.3. The van der Waals surface area contributed by atoms with Crippen molar-refractivity contribution in [1.29, 1.82) is 0 Å². The number of aliphatic carboxylic acids is 1. The van der Waals surface area contributed by atoms with Crippen LogP contribution in [0.3, 0.4) is 0 Å². The number of alkyl halides is 21. The molecule has 0 unspecified atom stereocenters. The van der Waals surface area contributed by atoms with Crippen molar-refractivity contribution in [2.24, 2.45) is 0 Å². The fraction of sp³-hybridized carbons (Fsp3) is 0.909. The van der Waals surface area contributed by atoms with Gasteiger partial charge in [-0.15, -0.1) is 0 Å². The van der Waals surface area contributed by atoms with Gasteiger partial charge in [0.25, 0.3) is 0 Å². The van der Waals surface area contributed by atoms with Crippen molar-refractivity contribution in [3.05, 3.63) is 0 Å². The normalized spacial score (nSPS) is 16.6. The standard InChI is InChI=1S/C11HF21O2/c12-2(13,1(33)34)3(14,15)4(16,17)5(18,19)6(20,21)7(22,23)8(24,25)9(26,27)10(28,29)11(30,31)32/h(H,33,34)/i1+1,2+1. The largest absolute Gasteiger partial charge is 0.477 e. The van der Waals surface area contributed by atoms with Crippen LogP contribution in [0.2, 0.25) is 0 Å². The van der Waals surface area contributed by atoms with Crippen LogP contribution in [0, 0.1) is 0 Å². The SMILES string of the molecule is O=[13C](O)[13C](F)(F)C(F)(F)C(F)(F)C(F)(F)C(F)(F)C(F)(F)C(F)(F)C(F)(F)C(F)(F)C(F)(F)F. The Morgan fingerprint density at radius 3 is 0.706 bits per heavy atom. The summed E-state index contributed by atoms with van der Waals surface area (Å²) in [4.78, 5) is 9.83. The smallest absolute Gasteiger partial charge is 0.460 e. The fourth-order valence-corrected chi connectivity index (χ4v) is 1.69. The minimum absolute atomic E-state index is 4.55. The van der Waals surface area contributed by atoms with Gasteiger partial charge in [-0.3, -0.25) is 0 Å². The third kappa shape index (κ3) is 3.49. The van der Waals surface area contributed by atoms with Crippen LogP contribution < -0.4 is 0 Å². The Kier molecular flexibility index (Phi) is 7.06. The number of carboxylic acid groups (broad SMARTS) is 1. The highest BCUT2D eigenvalue weighted by Crippen LogP contribution is 2.66. The molecular formula is C11HF21O2. The first kappa shape index (κ1) is 32.0. The highest BCUT2D eigenvalue weighted by Gasteiger charge is 2.98. The number of halogens is 21. The van der Waals surface area contributed by atoms with Gasteiger partial charge >= 0.3 is 65.4 Å². The molecular weight excluding hydrogens is 565 g/mol. The summed E-state index contributed by atoms with van der Waals surface area (Å²) in [5.41, 5.74) is 0. The third-order valence-electron chi connectivity index (χ3n) is 3.78. The first-order valence-electron chi connectivity index (χ1n) is 6.90. The summed E-state index contributed by atoms with van der Waals surface area (Å²) < 4.78 is 270. The Morgan fingerprint density at radius 2 is 0.529 bits per heavy atom. The molecule has 0 aromatic rings. The van der Waals surface area contributed by atoms with Gasteiger partial charge in [0.05, 0.1) is 0 Å². The van der Waals surface area contributed by atoms with E-state index in [9.17, 15) is 97.0 Å². The van der Waals surface area contributed by atoms with E-state index in [-0.39, 0.29) is 0 Å². The quantitative estimate of drug-likeness (QED) is 0.261. The first-order valence-corrected chi connectivity index (χ1v) is 6.90. The van der Waals surface area contributed by atoms with Crippen LogP contribution in [0.5, 0.6) is 0 Å². The Labute approximate surface area is 169 Å². The minimum atomic E-state index is -9.28. The molecule has 2 nitrogen and oxygen atoms in total. The van der Waals surface area contributed by atoms with Crippen molar-refractivity contribution in [2.75, 3.05) is 0 Å². The molecule has 0 aliphatic carbocycles. The van der Waals surface area contributed by atoms with Crippen molar-refractivity contribution in [2.45, 2.75) is 59.5 Å². The van der Waals surface area contributed by atoms with E-state index in [4.69, 9.17) is 5.11 Å². The molecule has 0 aliphatic rings. The van der Waals surface area contributed by atoms with Crippen LogP contribution in [0.4, 0.5) is 92.2 Å². The molecule has 0 rings (SSSR count). The summed E-state index contributed by atoms with van der Waals surface area (Å²) in [5.74, 6) is -83.8. The molecule has 0 saturated carbocycles. The lowest BCUT2D eigenvalue weighted by Gasteiger charge is -2.44. The predicted octanol–water partition coefficient (Wildman–Crippen LogP) is 6.35. The Morgan fingerprint density at radius 1 is 0.353 bits per heavy atom. The molecule has 204 valence electrons. The van der Waals surface area contributed by atoms with Crippen LogP contribution in [0.25, 0.3) is 0 Å². The van der Waals surface area contributed by atoms with Crippen LogP contribution in [0.15, 0.2) is 0 Å². The van der Waals surface area contributed by atoms with Gasteiger partial charge in [-0.2, -0.15) is 92.2 Å². The van der Waals surface area contributed by atoms with E-state index in [1.165, 1.54) is 0 Å². The molecule has 0 amide bonds. The molecule has 0 atom stereocenters. The summed E-state index contributed by atoms with van der Waals surface area (Å²) in [6.45, 7) is 0. The summed E-state index contributed by atoms with van der Waals surface area (Å²) in [7, 11) is 0. The van der Waals surface area contributed by atoms with Crippen molar-refractivity contribution >= 4 is 5.97 Å². The molecule has 0 aromatic heterocycles. The van der Waals surface area contributed by atoms with Gasteiger partial charge in [0.1, 0.15) is 0 Å². The molecule has 0 saturated heterocycles. The van der Waals surface area contributed by atoms with E-state index in [0.717, 1.165) is 0 Å². The maximum absolute atomic E-state index is 13.3. The summed E-state index contributed by atoms with van der Waals surface area (Å²) in [6.07, 6.45) is -8.05. The zero-order valence-electron chi connectivity index (χ0n) is 14.3. The molecule has 0 spiro atoms. The number of rotatable bonds is 9. The summed E-state index contributed by atoms with van der Waals surface area (Å²) in [6, 6.07) is 0. The number of hydrogen-bond acceptors (Lipinski definition) is 1. The fourth-order valence-electron chi connectivity index (χ4n) is 1.69. The van der Waals surface area contributed by atoms with Crippen molar-refractivity contribution in [1.82, 2.24) is 0 Å². The van der Waals surface area contributed by atoms with E-state index in [1.807, 2.05) is 0 Å². The predicted molar refractivity (Wildman–Crippen MR) is 58.2 cm³/mol. The van der Waals surface area contributed by atoms with Crippen LogP contribution >= 0.6 is 0 Å². The topological polar surface area (TPSA) is 37.3 Å². The average Bonchev–Trinajstić information content (AvgIpc) is 2.58. The highest BCUT2D eigenvalue weighted by atomic mass is 19.4. The van der Waals surface area contributed by atoms with Gasteiger partial charge in [0.15, 0.2) is 0 Å². The van der Waals surface area contributed by atoms with Crippen molar-refractivity contribution < 1.29 is 102 Å². The van der Waals surface area contributed by atoms with Crippen molar-refractivity contribution in [3.63, 3.8) is 0 Å². The highest BCUT2D eigenvalue weighted by molar-refractivity contribution is 5.77. The lowest BCUT2D eigenvalue weighted by Crippen LogP contribution is -2.77. The number of carboxylic acids is 1. The van der Waals surface area contributed by atoms with Gasteiger partial charge < -0.3 is 5.11 Å². The molecule has 34 heavy (non-hydrogen) atoms. The third-order valence-corrected chi connectivity index (χ3v) is 3.78. The first-order chi connectivity index (χ1) is 14.2. The van der Waals surface area contributed by atoms with Crippen LogP contribution in [-0.2, 0) is 4.79 Å². The lowest BCUT2D eigenvalue weighted by atomic mass is 9.88. The van der Waals surface area contributed by atoms with E-state index < -0.39 is 65.4 Å². The Bertz CT molecular complexity index is 789. The molecule has 0 aromatic carbocycles. The number of hydrogen-bond donors (Lipinski definition) is 1. The maximum atomic E-state index is 13.3. The average molecular weight is 566 g/mol. The van der Waals surface area contributed by atoms with E-state index in [0.29, 0.717) is 0 Å². The molecule has 0 bridgehead atoms. The molecule has 1 N–H and O–H groups in total.